The molecule has 1 fully saturated rings. The van der Waals surface area contributed by atoms with Crippen molar-refractivity contribution in [2.24, 2.45) is 0 Å². The third kappa shape index (κ3) is 2.88. The molecule has 7 heteroatoms. The number of benzene rings is 1. The van der Waals surface area contributed by atoms with Crippen LogP contribution in [-0.2, 0) is 0 Å². The summed E-state index contributed by atoms with van der Waals surface area (Å²) >= 11 is 1.59. The highest BCUT2D eigenvalue weighted by atomic mass is 32.2. The van der Waals surface area contributed by atoms with E-state index in [1.54, 1.807) is 36.0 Å². The minimum Gasteiger partial charge on any atom is -0.465 e. The summed E-state index contributed by atoms with van der Waals surface area (Å²) in [5, 5.41) is 9.26. The largest absolute Gasteiger partial charge is 0.465 e. The Morgan fingerprint density at radius 2 is 1.88 bits per heavy atom. The molecule has 3 amide bonds. The van der Waals surface area contributed by atoms with Crippen LogP contribution in [0, 0.1) is 0 Å². The first kappa shape index (κ1) is 16.8. The van der Waals surface area contributed by atoms with Gasteiger partial charge in [-0.2, -0.15) is 0 Å². The number of thioether (sulfide) groups is 1. The van der Waals surface area contributed by atoms with Crippen LogP contribution in [0.5, 0.6) is 0 Å². The maximum atomic E-state index is 12.3. The fourth-order valence-corrected chi connectivity index (χ4v) is 4.67. The van der Waals surface area contributed by atoms with Crippen molar-refractivity contribution >= 4 is 29.7 Å². The van der Waals surface area contributed by atoms with Gasteiger partial charge in [0, 0.05) is 13.1 Å². The normalized spacial score (nSPS) is 23.0. The highest BCUT2D eigenvalue weighted by Gasteiger charge is 2.40. The molecule has 2 aliphatic rings. The van der Waals surface area contributed by atoms with E-state index in [2.05, 4.69) is 0 Å². The van der Waals surface area contributed by atoms with Gasteiger partial charge in [-0.05, 0) is 44.1 Å². The Morgan fingerprint density at radius 3 is 2.46 bits per heavy atom. The standard InChI is InChI=1S/C17H20N2O4S/c1-17(8-4-10-19(17)16(22)23)24-11-5-9-18-14(20)12-6-2-3-7-13(12)15(18)21/h2-3,6-7H,4-5,8-11H2,1H3,(H,22,23). The van der Waals surface area contributed by atoms with E-state index in [9.17, 15) is 19.5 Å². The van der Waals surface area contributed by atoms with Crippen molar-refractivity contribution < 1.29 is 19.5 Å². The quantitative estimate of drug-likeness (QED) is 0.654. The Balaban J connectivity index is 1.54. The van der Waals surface area contributed by atoms with Gasteiger partial charge in [-0.3, -0.25) is 19.4 Å². The van der Waals surface area contributed by atoms with Crippen molar-refractivity contribution in [3.05, 3.63) is 35.4 Å². The number of carbonyl (C=O) groups is 3. The molecule has 6 nitrogen and oxygen atoms in total. The molecule has 0 aromatic heterocycles. The van der Waals surface area contributed by atoms with Crippen LogP contribution in [0.3, 0.4) is 0 Å². The molecule has 3 rings (SSSR count). The molecule has 0 spiro atoms. The van der Waals surface area contributed by atoms with Gasteiger partial charge in [0.25, 0.3) is 11.8 Å². The Bertz CT molecular complexity index is 658. The average Bonchev–Trinajstić information content (AvgIpc) is 3.05. The fourth-order valence-electron chi connectivity index (χ4n) is 3.34. The van der Waals surface area contributed by atoms with E-state index < -0.39 is 11.0 Å². The SMILES string of the molecule is CC1(SCCCN2C(=O)c3ccccc3C2=O)CCCN1C(=O)O. The van der Waals surface area contributed by atoms with Gasteiger partial charge in [0.05, 0.1) is 16.0 Å². The van der Waals surface area contributed by atoms with Gasteiger partial charge in [0.2, 0.25) is 0 Å². The van der Waals surface area contributed by atoms with Crippen molar-refractivity contribution in [1.82, 2.24) is 9.80 Å². The van der Waals surface area contributed by atoms with Crippen LogP contribution in [0.1, 0.15) is 46.9 Å². The molecule has 2 heterocycles. The molecule has 2 aliphatic heterocycles. The van der Waals surface area contributed by atoms with Gasteiger partial charge in [0.1, 0.15) is 0 Å². The summed E-state index contributed by atoms with van der Waals surface area (Å²) in [5.74, 6) is 0.230. The third-order valence-corrected chi connectivity index (χ3v) is 6.18. The molecule has 1 aromatic carbocycles. The first-order valence-corrected chi connectivity index (χ1v) is 9.02. The Morgan fingerprint density at radius 1 is 1.25 bits per heavy atom. The summed E-state index contributed by atoms with van der Waals surface area (Å²) in [7, 11) is 0. The number of carbonyl (C=O) groups excluding carboxylic acids is 2. The van der Waals surface area contributed by atoms with Crippen molar-refractivity contribution in [2.45, 2.75) is 31.1 Å². The third-order valence-electron chi connectivity index (χ3n) is 4.64. The molecule has 1 unspecified atom stereocenters. The second kappa shape index (κ2) is 6.47. The van der Waals surface area contributed by atoms with E-state index in [0.29, 0.717) is 36.4 Å². The highest BCUT2D eigenvalue weighted by molar-refractivity contribution is 8.00. The van der Waals surface area contributed by atoms with Crippen LogP contribution in [0.25, 0.3) is 0 Å². The van der Waals surface area contributed by atoms with E-state index in [1.165, 1.54) is 9.80 Å². The maximum absolute atomic E-state index is 12.3. The number of likely N-dealkylation sites (tertiary alicyclic amines) is 1. The number of rotatable bonds is 5. The zero-order valence-electron chi connectivity index (χ0n) is 13.5. The summed E-state index contributed by atoms with van der Waals surface area (Å²) in [5.41, 5.74) is 0.935. The zero-order chi connectivity index (χ0) is 17.3. The van der Waals surface area contributed by atoms with E-state index in [4.69, 9.17) is 0 Å². The highest BCUT2D eigenvalue weighted by Crippen LogP contribution is 2.39. The fraction of sp³-hybridized carbons (Fsp3) is 0.471. The number of hydrogen-bond donors (Lipinski definition) is 1. The predicted octanol–water partition coefficient (Wildman–Crippen LogP) is 2.90. The molecule has 0 saturated carbocycles. The summed E-state index contributed by atoms with van der Waals surface area (Å²) in [6.45, 7) is 2.88. The van der Waals surface area contributed by atoms with E-state index in [0.717, 1.165) is 12.8 Å². The molecule has 1 atom stereocenters. The minimum atomic E-state index is -0.886. The van der Waals surface area contributed by atoms with Crippen molar-refractivity contribution in [3.8, 4) is 0 Å². The van der Waals surface area contributed by atoms with Gasteiger partial charge in [-0.15, -0.1) is 11.8 Å². The lowest BCUT2D eigenvalue weighted by Crippen LogP contribution is -2.42. The molecule has 24 heavy (non-hydrogen) atoms. The first-order chi connectivity index (χ1) is 11.4. The van der Waals surface area contributed by atoms with Gasteiger partial charge < -0.3 is 5.11 Å². The Kier molecular flexibility index (Phi) is 4.54. The Labute approximate surface area is 144 Å². The van der Waals surface area contributed by atoms with Crippen molar-refractivity contribution in [2.75, 3.05) is 18.8 Å². The minimum absolute atomic E-state index is 0.236. The smallest absolute Gasteiger partial charge is 0.408 e. The van der Waals surface area contributed by atoms with Gasteiger partial charge in [-0.25, -0.2) is 4.79 Å². The predicted molar refractivity (Wildman–Crippen MR) is 91.3 cm³/mol. The molecule has 1 N–H and O–H groups in total. The Hall–Kier alpha value is -2.02. The van der Waals surface area contributed by atoms with Crippen LogP contribution in [0.4, 0.5) is 4.79 Å². The summed E-state index contributed by atoms with van der Waals surface area (Å²) in [6, 6.07) is 6.86. The molecular weight excluding hydrogens is 328 g/mol. The number of fused-ring (bicyclic) bond motifs is 1. The van der Waals surface area contributed by atoms with Crippen molar-refractivity contribution in [3.63, 3.8) is 0 Å². The topological polar surface area (TPSA) is 77.9 Å². The molecule has 128 valence electrons. The monoisotopic (exact) mass is 348 g/mol. The van der Waals surface area contributed by atoms with Crippen molar-refractivity contribution in [1.29, 1.82) is 0 Å². The van der Waals surface area contributed by atoms with Gasteiger partial charge in [0.15, 0.2) is 0 Å². The lowest BCUT2D eigenvalue weighted by Gasteiger charge is -2.32. The number of imide groups is 1. The molecule has 1 aromatic rings. The molecule has 1 saturated heterocycles. The lowest BCUT2D eigenvalue weighted by atomic mass is 10.1. The molecule has 0 aliphatic carbocycles. The van der Waals surface area contributed by atoms with E-state index in [-0.39, 0.29) is 11.8 Å². The molecular formula is C17H20N2O4S. The second-order valence-electron chi connectivity index (χ2n) is 6.22. The van der Waals surface area contributed by atoms with Crippen LogP contribution >= 0.6 is 11.8 Å². The van der Waals surface area contributed by atoms with Crippen LogP contribution in [0.2, 0.25) is 0 Å². The number of amides is 3. The first-order valence-electron chi connectivity index (χ1n) is 8.04. The van der Waals surface area contributed by atoms with Crippen LogP contribution < -0.4 is 0 Å². The van der Waals surface area contributed by atoms with E-state index >= 15 is 0 Å². The summed E-state index contributed by atoms with van der Waals surface area (Å²) in [4.78, 5) is 38.2. The molecule has 0 radical (unpaired) electrons. The number of nitrogens with zero attached hydrogens (tertiary/aromatic N) is 2. The average molecular weight is 348 g/mol. The number of hydrogen-bond acceptors (Lipinski definition) is 4. The van der Waals surface area contributed by atoms with E-state index in [1.807, 2.05) is 6.92 Å². The summed E-state index contributed by atoms with van der Waals surface area (Å²) < 4.78 is 0. The van der Waals surface area contributed by atoms with Crippen LogP contribution in [0.15, 0.2) is 24.3 Å². The summed E-state index contributed by atoms with van der Waals surface area (Å²) in [6.07, 6.45) is 1.47. The second-order valence-corrected chi connectivity index (χ2v) is 7.80. The van der Waals surface area contributed by atoms with Crippen LogP contribution in [-0.4, -0.2) is 56.5 Å². The zero-order valence-corrected chi connectivity index (χ0v) is 14.3. The molecule has 0 bridgehead atoms. The lowest BCUT2D eigenvalue weighted by molar-refractivity contribution is 0.0655. The van der Waals surface area contributed by atoms with Gasteiger partial charge in [-0.1, -0.05) is 12.1 Å². The van der Waals surface area contributed by atoms with Gasteiger partial charge >= 0.3 is 6.09 Å². The maximum Gasteiger partial charge on any atom is 0.408 e. The number of carboxylic acid groups (broad SMARTS) is 1.